The molecule has 0 radical (unpaired) electrons. The van der Waals surface area contributed by atoms with Gasteiger partial charge in [-0.25, -0.2) is 4.98 Å². The van der Waals surface area contributed by atoms with E-state index in [0.29, 0.717) is 16.6 Å². The number of carbonyl (C=O) groups is 1. The molecule has 0 aliphatic rings. The highest BCUT2D eigenvalue weighted by atomic mass is 16.3. The van der Waals surface area contributed by atoms with Gasteiger partial charge in [0.1, 0.15) is 5.52 Å². The molecular formula is C10H9N3O2. The molecule has 5 nitrogen and oxygen atoms in total. The van der Waals surface area contributed by atoms with Gasteiger partial charge in [-0.15, -0.1) is 0 Å². The van der Waals surface area contributed by atoms with E-state index < -0.39 is 5.91 Å². The molecule has 2 aromatic rings. The zero-order chi connectivity index (χ0) is 11.0. The van der Waals surface area contributed by atoms with E-state index in [0.717, 1.165) is 0 Å². The van der Waals surface area contributed by atoms with Crippen molar-refractivity contribution in [3.05, 3.63) is 29.7 Å². The van der Waals surface area contributed by atoms with Gasteiger partial charge in [-0.2, -0.15) is 0 Å². The third-order valence-electron chi connectivity index (χ3n) is 2.16. The molecular weight excluding hydrogens is 194 g/mol. The summed E-state index contributed by atoms with van der Waals surface area (Å²) in [7, 11) is 0. The van der Waals surface area contributed by atoms with Crippen LogP contribution in [-0.4, -0.2) is 21.0 Å². The minimum Gasteiger partial charge on any atom is -0.504 e. The molecule has 5 heteroatoms. The van der Waals surface area contributed by atoms with Crippen LogP contribution in [-0.2, 0) is 0 Å². The molecule has 0 saturated heterocycles. The quantitative estimate of drug-likeness (QED) is 0.715. The fourth-order valence-corrected chi connectivity index (χ4v) is 1.45. The molecule has 15 heavy (non-hydrogen) atoms. The van der Waals surface area contributed by atoms with Gasteiger partial charge in [0.25, 0.3) is 5.91 Å². The molecule has 0 fully saturated rings. The summed E-state index contributed by atoms with van der Waals surface area (Å²) in [5.74, 6) is -1.02. The molecule has 0 aliphatic heterocycles. The highest BCUT2D eigenvalue weighted by molar-refractivity contribution is 6.00. The number of hydrogen-bond donors (Lipinski definition) is 2. The van der Waals surface area contributed by atoms with E-state index in [1.165, 1.54) is 6.20 Å². The van der Waals surface area contributed by atoms with Crippen molar-refractivity contribution in [1.29, 1.82) is 0 Å². The molecule has 0 spiro atoms. The van der Waals surface area contributed by atoms with E-state index in [1.54, 1.807) is 19.1 Å². The number of pyridine rings is 2. The van der Waals surface area contributed by atoms with Crippen LogP contribution < -0.4 is 5.73 Å². The van der Waals surface area contributed by atoms with Crippen LogP contribution in [0.4, 0.5) is 0 Å². The van der Waals surface area contributed by atoms with Crippen LogP contribution in [0.3, 0.4) is 0 Å². The Hall–Kier alpha value is -2.17. The molecule has 0 atom stereocenters. The summed E-state index contributed by atoms with van der Waals surface area (Å²) in [4.78, 5) is 18.9. The number of aromatic hydroxyl groups is 1. The minimum absolute atomic E-state index is 0.140. The monoisotopic (exact) mass is 203 g/mol. The van der Waals surface area contributed by atoms with E-state index >= 15 is 0 Å². The average molecular weight is 203 g/mol. The van der Waals surface area contributed by atoms with Crippen LogP contribution in [0.15, 0.2) is 18.3 Å². The molecule has 2 heterocycles. The van der Waals surface area contributed by atoms with Crippen molar-refractivity contribution in [2.75, 3.05) is 0 Å². The zero-order valence-electron chi connectivity index (χ0n) is 8.06. The lowest BCUT2D eigenvalue weighted by Gasteiger charge is -2.05. The van der Waals surface area contributed by atoms with Crippen LogP contribution in [0.25, 0.3) is 10.9 Å². The number of rotatable bonds is 1. The number of nitrogens with zero attached hydrogens (tertiary/aromatic N) is 2. The summed E-state index contributed by atoms with van der Waals surface area (Å²) in [6.07, 6.45) is 1.53. The van der Waals surface area contributed by atoms with Crippen molar-refractivity contribution >= 4 is 16.8 Å². The fourth-order valence-electron chi connectivity index (χ4n) is 1.45. The van der Waals surface area contributed by atoms with Crippen LogP contribution in [0.1, 0.15) is 16.2 Å². The highest BCUT2D eigenvalue weighted by Crippen LogP contribution is 2.26. The van der Waals surface area contributed by atoms with Gasteiger partial charge >= 0.3 is 0 Å². The predicted molar refractivity (Wildman–Crippen MR) is 54.5 cm³/mol. The Kier molecular flexibility index (Phi) is 2.00. The standard InChI is InChI=1S/C10H9N3O2/c1-5-6-3-2-4-12-7(6)9(14)8(13-5)10(11)15/h2-4,14H,1H3,(H2,11,15). The second-order valence-electron chi connectivity index (χ2n) is 3.16. The Labute approximate surface area is 85.6 Å². The van der Waals surface area contributed by atoms with Gasteiger partial charge in [0.2, 0.25) is 0 Å². The van der Waals surface area contributed by atoms with Crippen molar-refractivity contribution in [2.24, 2.45) is 5.73 Å². The van der Waals surface area contributed by atoms with Gasteiger partial charge in [-0.1, -0.05) is 0 Å². The van der Waals surface area contributed by atoms with Gasteiger partial charge in [-0.3, -0.25) is 9.78 Å². The zero-order valence-corrected chi connectivity index (χ0v) is 8.06. The first-order valence-corrected chi connectivity index (χ1v) is 4.35. The molecule has 2 rings (SSSR count). The molecule has 2 aromatic heterocycles. The summed E-state index contributed by atoms with van der Waals surface area (Å²) < 4.78 is 0. The summed E-state index contributed by atoms with van der Waals surface area (Å²) in [6, 6.07) is 3.51. The maximum absolute atomic E-state index is 11.0. The van der Waals surface area contributed by atoms with Crippen molar-refractivity contribution in [3.8, 4) is 5.75 Å². The third-order valence-corrected chi connectivity index (χ3v) is 2.16. The maximum atomic E-state index is 11.0. The highest BCUT2D eigenvalue weighted by Gasteiger charge is 2.15. The van der Waals surface area contributed by atoms with Gasteiger partial charge in [0.05, 0.1) is 0 Å². The minimum atomic E-state index is -0.761. The fraction of sp³-hybridized carbons (Fsp3) is 0.100. The summed E-state index contributed by atoms with van der Waals surface area (Å²) in [5.41, 5.74) is 5.91. The topological polar surface area (TPSA) is 89.1 Å². The number of aromatic nitrogens is 2. The van der Waals surface area contributed by atoms with Gasteiger partial charge in [0, 0.05) is 17.3 Å². The summed E-state index contributed by atoms with van der Waals surface area (Å²) in [6.45, 7) is 1.73. The molecule has 3 N–H and O–H groups in total. The molecule has 0 aromatic carbocycles. The van der Waals surface area contributed by atoms with E-state index in [2.05, 4.69) is 9.97 Å². The number of carbonyl (C=O) groups excluding carboxylic acids is 1. The van der Waals surface area contributed by atoms with E-state index in [1.807, 2.05) is 0 Å². The number of aryl methyl sites for hydroxylation is 1. The Morgan fingerprint density at radius 1 is 1.53 bits per heavy atom. The van der Waals surface area contributed by atoms with Crippen molar-refractivity contribution in [2.45, 2.75) is 6.92 Å². The summed E-state index contributed by atoms with van der Waals surface area (Å²) in [5, 5.41) is 10.4. The average Bonchev–Trinajstić information content (AvgIpc) is 2.23. The van der Waals surface area contributed by atoms with Crippen LogP contribution in [0.5, 0.6) is 5.75 Å². The van der Waals surface area contributed by atoms with Crippen molar-refractivity contribution in [3.63, 3.8) is 0 Å². The predicted octanol–water partition coefficient (Wildman–Crippen LogP) is 0.743. The SMILES string of the molecule is Cc1nc(C(N)=O)c(O)c2ncccc12. The Morgan fingerprint density at radius 2 is 2.27 bits per heavy atom. The van der Waals surface area contributed by atoms with E-state index in [4.69, 9.17) is 5.73 Å². The number of hydrogen-bond acceptors (Lipinski definition) is 4. The molecule has 0 bridgehead atoms. The van der Waals surface area contributed by atoms with Crippen molar-refractivity contribution < 1.29 is 9.90 Å². The number of fused-ring (bicyclic) bond motifs is 1. The van der Waals surface area contributed by atoms with Crippen LogP contribution in [0, 0.1) is 6.92 Å². The lowest BCUT2D eigenvalue weighted by atomic mass is 10.1. The smallest absolute Gasteiger partial charge is 0.271 e. The second-order valence-corrected chi connectivity index (χ2v) is 3.16. The van der Waals surface area contributed by atoms with E-state index in [-0.39, 0.29) is 11.4 Å². The van der Waals surface area contributed by atoms with Gasteiger partial charge in [0.15, 0.2) is 11.4 Å². The summed E-state index contributed by atoms with van der Waals surface area (Å²) >= 11 is 0. The largest absolute Gasteiger partial charge is 0.504 e. The normalized spacial score (nSPS) is 10.5. The van der Waals surface area contributed by atoms with Gasteiger partial charge < -0.3 is 10.8 Å². The lowest BCUT2D eigenvalue weighted by Crippen LogP contribution is -2.14. The first kappa shape index (κ1) is 9.39. The molecule has 0 unspecified atom stereocenters. The number of primary amides is 1. The van der Waals surface area contributed by atoms with Gasteiger partial charge in [-0.05, 0) is 19.1 Å². The first-order chi connectivity index (χ1) is 7.11. The molecule has 76 valence electrons. The Bertz CT molecular complexity index is 552. The molecule has 1 amide bonds. The van der Waals surface area contributed by atoms with Crippen LogP contribution >= 0.6 is 0 Å². The lowest BCUT2D eigenvalue weighted by molar-refractivity contribution is 0.0993. The molecule has 0 aliphatic carbocycles. The maximum Gasteiger partial charge on any atom is 0.271 e. The van der Waals surface area contributed by atoms with Crippen LogP contribution in [0.2, 0.25) is 0 Å². The first-order valence-electron chi connectivity index (χ1n) is 4.35. The number of nitrogens with two attached hydrogens (primary N) is 1. The van der Waals surface area contributed by atoms with E-state index in [9.17, 15) is 9.90 Å². The third kappa shape index (κ3) is 1.38. The Morgan fingerprint density at radius 3 is 2.93 bits per heavy atom. The number of amides is 1. The van der Waals surface area contributed by atoms with Crippen molar-refractivity contribution in [1.82, 2.24) is 9.97 Å². The Balaban J connectivity index is 2.90. The molecule has 0 saturated carbocycles. The second kappa shape index (κ2) is 3.20.